The Bertz CT molecular complexity index is 1430. The number of Topliss-reactive ketones (excluding diaryl/α,β-unsaturated/α-hetero) is 1. The van der Waals surface area contributed by atoms with Crippen molar-refractivity contribution in [2.24, 2.45) is 5.92 Å². The normalized spacial score (nSPS) is 14.4. The van der Waals surface area contributed by atoms with Crippen LogP contribution >= 0.6 is 11.7 Å². The zero-order chi connectivity index (χ0) is 25.6. The number of aromatic nitrogens is 2. The summed E-state index contributed by atoms with van der Waals surface area (Å²) in [5, 5.41) is 12.5. The number of allylic oxidation sites excluding steroid dienone is 1. The number of rotatable bonds is 9. The molecule has 0 atom stereocenters. The van der Waals surface area contributed by atoms with Crippen molar-refractivity contribution >= 4 is 40.1 Å². The third-order valence-electron chi connectivity index (χ3n) is 6.90. The quantitative estimate of drug-likeness (QED) is 0.186. The molecular formula is C30H27N2NaO4S. The van der Waals surface area contributed by atoms with Crippen molar-refractivity contribution < 1.29 is 49.0 Å². The topological polar surface area (TPSA) is 92.2 Å². The molecule has 0 amide bonds. The maximum absolute atomic E-state index is 13.8. The first-order chi connectivity index (χ1) is 18.1. The van der Waals surface area contributed by atoms with Crippen molar-refractivity contribution in [1.82, 2.24) is 8.75 Å². The van der Waals surface area contributed by atoms with Crippen molar-refractivity contribution in [2.45, 2.75) is 45.1 Å². The number of carboxylic acids is 1. The molecule has 0 radical (unpaired) electrons. The van der Waals surface area contributed by atoms with Crippen molar-refractivity contribution in [3.8, 4) is 5.75 Å². The van der Waals surface area contributed by atoms with Crippen LogP contribution in [-0.4, -0.2) is 20.5 Å². The Kier molecular flexibility index (Phi) is 9.86. The van der Waals surface area contributed by atoms with Crippen LogP contribution in [0.1, 0.15) is 60.0 Å². The number of carbonyl (C=O) groups excluding carboxylic acids is 2. The van der Waals surface area contributed by atoms with Crippen LogP contribution < -0.4 is 39.4 Å². The van der Waals surface area contributed by atoms with E-state index in [9.17, 15) is 14.7 Å². The van der Waals surface area contributed by atoms with Crippen LogP contribution in [0, 0.1) is 5.92 Å². The molecule has 1 aliphatic carbocycles. The number of aliphatic carboxylic acids is 1. The summed E-state index contributed by atoms with van der Waals surface area (Å²) in [6.07, 6.45) is 5.74. The van der Waals surface area contributed by atoms with E-state index < -0.39 is 5.97 Å². The smallest absolute Gasteiger partial charge is 0.545 e. The van der Waals surface area contributed by atoms with Gasteiger partial charge in [-0.2, -0.15) is 8.75 Å². The number of benzene rings is 3. The molecule has 0 spiro atoms. The van der Waals surface area contributed by atoms with E-state index in [2.05, 4.69) is 8.75 Å². The second-order valence-electron chi connectivity index (χ2n) is 9.44. The van der Waals surface area contributed by atoms with E-state index >= 15 is 0 Å². The molecule has 0 unspecified atom stereocenters. The second-order valence-corrected chi connectivity index (χ2v) is 9.97. The molecule has 1 saturated carbocycles. The Morgan fingerprint density at radius 1 is 0.868 bits per heavy atom. The van der Waals surface area contributed by atoms with E-state index in [4.69, 9.17) is 4.74 Å². The van der Waals surface area contributed by atoms with Crippen molar-refractivity contribution in [3.63, 3.8) is 0 Å². The Morgan fingerprint density at radius 2 is 1.55 bits per heavy atom. The molecule has 4 aromatic rings. The van der Waals surface area contributed by atoms with Gasteiger partial charge in [0.1, 0.15) is 23.4 Å². The Hall–Kier alpha value is -2.84. The number of carboxylic acid groups (broad SMARTS) is 1. The summed E-state index contributed by atoms with van der Waals surface area (Å²) in [4.78, 5) is 26.3. The fourth-order valence-electron chi connectivity index (χ4n) is 4.96. The summed E-state index contributed by atoms with van der Waals surface area (Å²) in [5.74, 6) is -0.750. The van der Waals surface area contributed by atoms with Gasteiger partial charge in [-0.15, -0.1) is 0 Å². The molecule has 0 saturated heterocycles. The predicted molar refractivity (Wildman–Crippen MR) is 142 cm³/mol. The Balaban J connectivity index is 0.00000336. The SMILES string of the molecule is O=C([O-])C(=C(CC1CCCCC1)C(=O)c1ccc(OCc2ccccc2)cc1)c1ccc2nsnc2c1.[Na+]. The van der Waals surface area contributed by atoms with Gasteiger partial charge in [-0.1, -0.05) is 68.5 Å². The zero-order valence-electron chi connectivity index (χ0n) is 21.4. The number of ether oxygens (including phenoxy) is 1. The monoisotopic (exact) mass is 534 g/mol. The van der Waals surface area contributed by atoms with Crippen LogP contribution in [0.15, 0.2) is 78.4 Å². The van der Waals surface area contributed by atoms with Gasteiger partial charge in [0.2, 0.25) is 0 Å². The molecule has 6 nitrogen and oxygen atoms in total. The van der Waals surface area contributed by atoms with E-state index in [1.807, 2.05) is 30.3 Å². The van der Waals surface area contributed by atoms with Crippen LogP contribution in [0.2, 0.25) is 0 Å². The van der Waals surface area contributed by atoms with Crippen LogP contribution in [-0.2, 0) is 11.4 Å². The molecule has 1 aromatic heterocycles. The number of hydrogen-bond donors (Lipinski definition) is 0. The first-order valence-corrected chi connectivity index (χ1v) is 13.3. The van der Waals surface area contributed by atoms with Crippen LogP contribution in [0.4, 0.5) is 0 Å². The van der Waals surface area contributed by atoms with Gasteiger partial charge in [0.15, 0.2) is 5.78 Å². The first kappa shape index (κ1) is 28.2. The van der Waals surface area contributed by atoms with Crippen LogP contribution in [0.25, 0.3) is 16.6 Å². The van der Waals surface area contributed by atoms with E-state index in [0.717, 1.165) is 43.0 Å². The third-order valence-corrected chi connectivity index (χ3v) is 7.46. The van der Waals surface area contributed by atoms with Crippen molar-refractivity contribution in [2.75, 3.05) is 0 Å². The maximum atomic E-state index is 13.8. The van der Waals surface area contributed by atoms with E-state index in [1.54, 1.807) is 42.5 Å². The van der Waals surface area contributed by atoms with E-state index in [1.165, 1.54) is 6.42 Å². The van der Waals surface area contributed by atoms with Gasteiger partial charge < -0.3 is 14.6 Å². The summed E-state index contributed by atoms with van der Waals surface area (Å²) in [6, 6.07) is 21.8. The average molecular weight is 535 g/mol. The summed E-state index contributed by atoms with van der Waals surface area (Å²) in [5.41, 5.74) is 3.41. The molecule has 3 aromatic carbocycles. The summed E-state index contributed by atoms with van der Waals surface area (Å²) >= 11 is 1.07. The number of ketones is 1. The fraction of sp³-hybridized carbons (Fsp3) is 0.267. The molecular weight excluding hydrogens is 507 g/mol. The number of fused-ring (bicyclic) bond motifs is 1. The minimum Gasteiger partial charge on any atom is -0.545 e. The molecule has 0 bridgehead atoms. The van der Waals surface area contributed by atoms with Gasteiger partial charge in [-0.05, 0) is 59.9 Å². The Morgan fingerprint density at radius 3 is 2.26 bits per heavy atom. The maximum Gasteiger partial charge on any atom is 1.00 e. The summed E-state index contributed by atoms with van der Waals surface area (Å²) < 4.78 is 14.3. The first-order valence-electron chi connectivity index (χ1n) is 12.6. The standard InChI is InChI=1S/C30H28N2O4S.Na/c33-29(22-11-14-24(15-12-22)36-19-21-9-5-2-6-10-21)25(17-20-7-3-1-4-8-20)28(30(34)35)23-13-16-26-27(18-23)32-37-31-26;/h2,5-6,9-16,18,20H,1,3-4,7-8,17,19H2,(H,34,35);/q;+1/p-1. The molecule has 0 aliphatic heterocycles. The van der Waals surface area contributed by atoms with Crippen molar-refractivity contribution in [1.29, 1.82) is 0 Å². The van der Waals surface area contributed by atoms with Gasteiger partial charge in [0.25, 0.3) is 0 Å². The van der Waals surface area contributed by atoms with E-state index in [0.29, 0.717) is 40.9 Å². The number of carbonyl (C=O) groups is 2. The minimum absolute atomic E-state index is 0. The molecule has 38 heavy (non-hydrogen) atoms. The Labute approximate surface area is 248 Å². The molecule has 0 N–H and O–H groups in total. The van der Waals surface area contributed by atoms with E-state index in [-0.39, 0.29) is 52.4 Å². The van der Waals surface area contributed by atoms with Gasteiger partial charge in [0.05, 0.1) is 17.7 Å². The molecule has 8 heteroatoms. The fourth-order valence-corrected chi connectivity index (χ4v) is 5.48. The summed E-state index contributed by atoms with van der Waals surface area (Å²) in [6.45, 7) is 0.420. The molecule has 5 rings (SSSR count). The molecule has 1 aliphatic rings. The van der Waals surface area contributed by atoms with Gasteiger partial charge in [-0.3, -0.25) is 4.79 Å². The van der Waals surface area contributed by atoms with Crippen molar-refractivity contribution in [3.05, 3.63) is 95.1 Å². The second kappa shape index (κ2) is 13.3. The van der Waals surface area contributed by atoms with Gasteiger partial charge in [-0.25, -0.2) is 0 Å². The average Bonchev–Trinajstić information content (AvgIpc) is 3.41. The van der Waals surface area contributed by atoms with Crippen LogP contribution in [0.5, 0.6) is 5.75 Å². The largest absolute Gasteiger partial charge is 1.00 e. The molecule has 1 fully saturated rings. The van der Waals surface area contributed by atoms with Gasteiger partial charge in [0, 0.05) is 16.7 Å². The zero-order valence-corrected chi connectivity index (χ0v) is 24.2. The number of hydrogen-bond acceptors (Lipinski definition) is 7. The third kappa shape index (κ3) is 6.77. The van der Waals surface area contributed by atoms with Gasteiger partial charge >= 0.3 is 29.6 Å². The van der Waals surface area contributed by atoms with Crippen LogP contribution in [0.3, 0.4) is 0 Å². The molecule has 1 heterocycles. The molecule has 188 valence electrons. The minimum atomic E-state index is -1.36. The number of nitrogens with zero attached hydrogens (tertiary/aromatic N) is 2. The summed E-state index contributed by atoms with van der Waals surface area (Å²) in [7, 11) is 0. The predicted octanol–water partition coefficient (Wildman–Crippen LogP) is 2.63.